The van der Waals surface area contributed by atoms with Gasteiger partial charge < -0.3 is 9.47 Å². The van der Waals surface area contributed by atoms with Crippen molar-refractivity contribution in [2.45, 2.75) is 40.0 Å². The van der Waals surface area contributed by atoms with Gasteiger partial charge in [0, 0.05) is 44.2 Å². The highest BCUT2D eigenvalue weighted by Crippen LogP contribution is 2.55. The van der Waals surface area contributed by atoms with Crippen LogP contribution >= 0.6 is 0 Å². The minimum absolute atomic E-state index is 0.248. The lowest BCUT2D eigenvalue weighted by Gasteiger charge is -2.31. The van der Waals surface area contributed by atoms with Gasteiger partial charge in [0.2, 0.25) is 0 Å². The molecule has 0 N–H and O–H groups in total. The van der Waals surface area contributed by atoms with E-state index in [1.807, 2.05) is 0 Å². The van der Waals surface area contributed by atoms with Crippen molar-refractivity contribution in [1.82, 2.24) is 4.57 Å². The first-order valence-corrected chi connectivity index (χ1v) is 19.0. The minimum atomic E-state index is -0.248. The molecule has 2 heteroatoms. The van der Waals surface area contributed by atoms with Crippen LogP contribution in [0, 0.1) is 20.8 Å². The van der Waals surface area contributed by atoms with Gasteiger partial charge in [-0.2, -0.15) is 0 Å². The van der Waals surface area contributed by atoms with Crippen LogP contribution in [0.15, 0.2) is 164 Å². The van der Waals surface area contributed by atoms with Crippen molar-refractivity contribution >= 4 is 49.6 Å². The number of benzene rings is 8. The van der Waals surface area contributed by atoms with Crippen molar-refractivity contribution in [2.75, 3.05) is 4.90 Å². The molecule has 1 heterocycles. The van der Waals surface area contributed by atoms with Crippen LogP contribution in [0.3, 0.4) is 0 Å². The molecule has 260 valence electrons. The van der Waals surface area contributed by atoms with Gasteiger partial charge in [0.1, 0.15) is 0 Å². The summed E-state index contributed by atoms with van der Waals surface area (Å²) in [5.41, 5.74) is 18.6. The fourth-order valence-electron chi connectivity index (χ4n) is 9.22. The van der Waals surface area contributed by atoms with E-state index in [1.165, 1.54) is 99.7 Å². The molecule has 9 aromatic rings. The summed E-state index contributed by atoms with van der Waals surface area (Å²) >= 11 is 0. The third kappa shape index (κ3) is 4.80. The Bertz CT molecular complexity index is 2930. The molecule has 10 rings (SSSR count). The Balaban J connectivity index is 1.22. The fraction of sp³-hybridized carbons (Fsp3) is 0.115. The predicted molar refractivity (Wildman–Crippen MR) is 230 cm³/mol. The van der Waals surface area contributed by atoms with Crippen molar-refractivity contribution in [3.63, 3.8) is 0 Å². The smallest absolute Gasteiger partial charge is 0.0619 e. The van der Waals surface area contributed by atoms with E-state index in [0.29, 0.717) is 0 Å². The van der Waals surface area contributed by atoms with E-state index in [2.05, 4.69) is 208 Å². The van der Waals surface area contributed by atoms with Gasteiger partial charge in [0.05, 0.1) is 16.7 Å². The number of anilines is 3. The molecule has 0 fully saturated rings. The van der Waals surface area contributed by atoms with Gasteiger partial charge in [0.15, 0.2) is 0 Å². The number of rotatable bonds is 5. The van der Waals surface area contributed by atoms with E-state index < -0.39 is 0 Å². The van der Waals surface area contributed by atoms with Crippen LogP contribution in [0.5, 0.6) is 0 Å². The largest absolute Gasteiger partial charge is 0.310 e. The maximum absolute atomic E-state index is 2.51. The molecule has 0 aliphatic heterocycles. The van der Waals surface area contributed by atoms with Crippen LogP contribution in [0.2, 0.25) is 0 Å². The maximum Gasteiger partial charge on any atom is 0.0619 e. The SMILES string of the molecule is Cc1ccc(N(c2ccccc2)c2cc3c(c4ccccc24)-c2ccc(-n4c5ccc(C)cc5c5cccc(-c6ccccc6)c54)cc2C3(C)C)c(C)c1. The Morgan fingerprint density at radius 2 is 1.17 bits per heavy atom. The molecule has 1 aromatic heterocycles. The quantitative estimate of drug-likeness (QED) is 0.174. The molecular formula is C52H42N2. The van der Waals surface area contributed by atoms with Gasteiger partial charge in [-0.05, 0) is 108 Å². The second kappa shape index (κ2) is 12.1. The molecule has 0 amide bonds. The molecule has 0 saturated heterocycles. The molecule has 8 aromatic carbocycles. The van der Waals surface area contributed by atoms with E-state index in [-0.39, 0.29) is 5.41 Å². The molecular weight excluding hydrogens is 653 g/mol. The standard InChI is InChI=1S/C52H42N2/c1-33-23-27-47(35(3)29-33)53(37-17-10-7-11-18-37)49-32-46-50(41-20-13-12-19-40(41)49)43-26-25-38(31-45(43)52(46,4)5)54-48-28-24-34(2)30-44(48)42-22-14-21-39(51(42)54)36-15-8-6-9-16-36/h6-32H,1-5H3. The molecule has 0 bridgehead atoms. The predicted octanol–water partition coefficient (Wildman–Crippen LogP) is 14.3. The van der Waals surface area contributed by atoms with Crippen LogP contribution in [-0.4, -0.2) is 4.57 Å². The van der Waals surface area contributed by atoms with Gasteiger partial charge in [-0.25, -0.2) is 0 Å². The van der Waals surface area contributed by atoms with Crippen molar-refractivity contribution in [3.05, 3.63) is 192 Å². The van der Waals surface area contributed by atoms with Crippen LogP contribution in [-0.2, 0) is 5.41 Å². The molecule has 0 atom stereocenters. The zero-order valence-corrected chi connectivity index (χ0v) is 31.5. The summed E-state index contributed by atoms with van der Waals surface area (Å²) in [4.78, 5) is 2.47. The van der Waals surface area contributed by atoms with Gasteiger partial charge >= 0.3 is 0 Å². The van der Waals surface area contributed by atoms with Gasteiger partial charge in [-0.1, -0.05) is 140 Å². The third-order valence-corrected chi connectivity index (χ3v) is 11.8. The number of aryl methyl sites for hydroxylation is 3. The first kappa shape index (κ1) is 32.3. The van der Waals surface area contributed by atoms with Crippen molar-refractivity contribution in [2.24, 2.45) is 0 Å². The lowest BCUT2D eigenvalue weighted by Crippen LogP contribution is -2.17. The fourth-order valence-corrected chi connectivity index (χ4v) is 9.22. The molecule has 0 radical (unpaired) electrons. The average Bonchev–Trinajstić information content (AvgIpc) is 3.64. The topological polar surface area (TPSA) is 8.17 Å². The minimum Gasteiger partial charge on any atom is -0.310 e. The average molecular weight is 695 g/mol. The van der Waals surface area contributed by atoms with E-state index in [4.69, 9.17) is 0 Å². The number of hydrogen-bond acceptors (Lipinski definition) is 1. The van der Waals surface area contributed by atoms with Gasteiger partial charge in [-0.3, -0.25) is 0 Å². The van der Waals surface area contributed by atoms with Crippen molar-refractivity contribution in [3.8, 4) is 27.9 Å². The summed E-state index contributed by atoms with van der Waals surface area (Å²) in [5.74, 6) is 0. The summed E-state index contributed by atoms with van der Waals surface area (Å²) in [5, 5.41) is 5.10. The maximum atomic E-state index is 2.51. The molecule has 1 aliphatic carbocycles. The Morgan fingerprint density at radius 3 is 1.94 bits per heavy atom. The van der Waals surface area contributed by atoms with Crippen LogP contribution < -0.4 is 4.90 Å². The Hall–Kier alpha value is -6.38. The Labute approximate surface area is 317 Å². The van der Waals surface area contributed by atoms with Gasteiger partial charge in [0.25, 0.3) is 0 Å². The summed E-state index contributed by atoms with van der Waals surface area (Å²) in [6.07, 6.45) is 0. The lowest BCUT2D eigenvalue weighted by atomic mass is 9.81. The normalized spacial score (nSPS) is 13.1. The molecule has 54 heavy (non-hydrogen) atoms. The highest BCUT2D eigenvalue weighted by molar-refractivity contribution is 6.14. The van der Waals surface area contributed by atoms with E-state index in [1.54, 1.807) is 0 Å². The second-order valence-electron chi connectivity index (χ2n) is 15.6. The van der Waals surface area contributed by atoms with Crippen molar-refractivity contribution < 1.29 is 0 Å². The van der Waals surface area contributed by atoms with Gasteiger partial charge in [-0.15, -0.1) is 0 Å². The summed E-state index contributed by atoms with van der Waals surface area (Å²) in [6, 6.07) is 60.8. The zero-order valence-electron chi connectivity index (χ0n) is 31.5. The lowest BCUT2D eigenvalue weighted by molar-refractivity contribution is 0.660. The number of fused-ring (bicyclic) bond motifs is 8. The zero-order chi connectivity index (χ0) is 36.7. The number of para-hydroxylation sites is 2. The number of hydrogen-bond donors (Lipinski definition) is 0. The molecule has 0 unspecified atom stereocenters. The van der Waals surface area contributed by atoms with Crippen LogP contribution in [0.25, 0.3) is 60.5 Å². The van der Waals surface area contributed by atoms with E-state index in [0.717, 1.165) is 5.69 Å². The number of nitrogens with zero attached hydrogens (tertiary/aromatic N) is 2. The monoisotopic (exact) mass is 694 g/mol. The Morgan fingerprint density at radius 1 is 0.481 bits per heavy atom. The van der Waals surface area contributed by atoms with Crippen molar-refractivity contribution in [1.29, 1.82) is 0 Å². The van der Waals surface area contributed by atoms with E-state index in [9.17, 15) is 0 Å². The highest BCUT2D eigenvalue weighted by Gasteiger charge is 2.38. The first-order chi connectivity index (χ1) is 26.3. The van der Waals surface area contributed by atoms with Crippen LogP contribution in [0.1, 0.15) is 41.7 Å². The second-order valence-corrected chi connectivity index (χ2v) is 15.6. The summed E-state index contributed by atoms with van der Waals surface area (Å²) < 4.78 is 2.51. The molecule has 2 nitrogen and oxygen atoms in total. The number of aromatic nitrogens is 1. The van der Waals surface area contributed by atoms with Crippen LogP contribution in [0.4, 0.5) is 17.1 Å². The summed E-state index contributed by atoms with van der Waals surface area (Å²) in [6.45, 7) is 11.4. The third-order valence-electron chi connectivity index (χ3n) is 11.8. The summed E-state index contributed by atoms with van der Waals surface area (Å²) in [7, 11) is 0. The molecule has 0 saturated carbocycles. The Kier molecular flexibility index (Phi) is 7.22. The molecule has 0 spiro atoms. The molecule has 1 aliphatic rings. The highest BCUT2D eigenvalue weighted by atomic mass is 15.1. The van der Waals surface area contributed by atoms with E-state index >= 15 is 0 Å². The first-order valence-electron chi connectivity index (χ1n) is 19.0.